The first-order valence-corrected chi connectivity index (χ1v) is 4.97. The van der Waals surface area contributed by atoms with Gasteiger partial charge >= 0.3 is 0 Å². The van der Waals surface area contributed by atoms with Crippen molar-refractivity contribution in [3.05, 3.63) is 0 Å². The molecule has 0 aliphatic rings. The summed E-state index contributed by atoms with van der Waals surface area (Å²) in [6.45, 7) is 7.57. The largest absolute Gasteiger partial charge is 0.311 e. The van der Waals surface area contributed by atoms with Crippen LogP contribution in [-0.2, 0) is 0 Å². The van der Waals surface area contributed by atoms with E-state index in [1.807, 2.05) is 0 Å². The van der Waals surface area contributed by atoms with Crippen LogP contribution < -0.4 is 5.32 Å². The lowest BCUT2D eigenvalue weighted by molar-refractivity contribution is 0.423. The molecule has 0 amide bonds. The molecule has 0 aromatic rings. The number of unbranched alkanes of at least 4 members (excludes halogenated alkanes) is 2. The van der Waals surface area contributed by atoms with E-state index in [1.165, 1.54) is 19.3 Å². The van der Waals surface area contributed by atoms with E-state index >= 15 is 0 Å². The van der Waals surface area contributed by atoms with Crippen LogP contribution in [0, 0.1) is 0 Å². The summed E-state index contributed by atoms with van der Waals surface area (Å²) >= 11 is 5.74. The van der Waals surface area contributed by atoms with Gasteiger partial charge in [0.05, 0.1) is 0 Å². The number of nitrogens with one attached hydrogen (secondary N) is 1. The summed E-state index contributed by atoms with van der Waals surface area (Å²) < 4.78 is 0. The van der Waals surface area contributed by atoms with Gasteiger partial charge in [0.25, 0.3) is 0 Å². The van der Waals surface area contributed by atoms with Crippen molar-refractivity contribution in [3.8, 4) is 0 Å². The van der Waals surface area contributed by atoms with E-state index in [4.69, 9.17) is 11.6 Å². The lowest BCUT2D eigenvalue weighted by Crippen LogP contribution is -2.41. The van der Waals surface area contributed by atoms with Crippen molar-refractivity contribution in [2.75, 3.05) is 12.4 Å². The number of rotatable bonds is 6. The Morgan fingerprint density at radius 1 is 1.27 bits per heavy atom. The van der Waals surface area contributed by atoms with E-state index in [1.54, 1.807) is 0 Å². The zero-order valence-electron chi connectivity index (χ0n) is 7.91. The second kappa shape index (κ2) is 5.84. The van der Waals surface area contributed by atoms with Crippen molar-refractivity contribution in [2.24, 2.45) is 0 Å². The molecule has 1 nitrogen and oxygen atoms in total. The zero-order valence-corrected chi connectivity index (χ0v) is 8.67. The van der Waals surface area contributed by atoms with Gasteiger partial charge in [-0.05, 0) is 26.8 Å². The fourth-order valence-electron chi connectivity index (χ4n) is 0.849. The van der Waals surface area contributed by atoms with Crippen molar-refractivity contribution in [1.82, 2.24) is 5.32 Å². The smallest absolute Gasteiger partial charge is 0.0400 e. The first-order valence-electron chi connectivity index (χ1n) is 4.43. The van der Waals surface area contributed by atoms with Crippen LogP contribution in [0.3, 0.4) is 0 Å². The van der Waals surface area contributed by atoms with Gasteiger partial charge in [0, 0.05) is 11.4 Å². The number of alkyl halides is 1. The standard InChI is InChI=1S/C9H20ClN/c1-4-5-6-7-11-9(2,3)8-10/h11H,4-8H2,1-3H3. The Morgan fingerprint density at radius 2 is 1.91 bits per heavy atom. The number of hydrogen-bond donors (Lipinski definition) is 1. The summed E-state index contributed by atoms with van der Waals surface area (Å²) in [5.41, 5.74) is 0.106. The van der Waals surface area contributed by atoms with Crippen LogP contribution in [0.15, 0.2) is 0 Å². The SMILES string of the molecule is CCCCCNC(C)(C)CCl. The molecule has 0 bridgehead atoms. The average molecular weight is 178 g/mol. The molecule has 0 atom stereocenters. The van der Waals surface area contributed by atoms with Crippen LogP contribution in [0.1, 0.15) is 40.0 Å². The summed E-state index contributed by atoms with van der Waals surface area (Å²) in [5.74, 6) is 0.680. The molecule has 0 saturated carbocycles. The molecule has 0 aromatic heterocycles. The van der Waals surface area contributed by atoms with Crippen LogP contribution in [0.5, 0.6) is 0 Å². The van der Waals surface area contributed by atoms with Crippen molar-refractivity contribution in [1.29, 1.82) is 0 Å². The summed E-state index contributed by atoms with van der Waals surface area (Å²) in [4.78, 5) is 0. The lowest BCUT2D eigenvalue weighted by Gasteiger charge is -2.23. The van der Waals surface area contributed by atoms with E-state index in [0.717, 1.165) is 6.54 Å². The molecule has 0 spiro atoms. The van der Waals surface area contributed by atoms with Crippen LogP contribution in [0.25, 0.3) is 0 Å². The molecule has 0 aliphatic carbocycles. The predicted octanol–water partition coefficient (Wildman–Crippen LogP) is 2.78. The first kappa shape index (κ1) is 11.2. The third-order valence-corrected chi connectivity index (χ3v) is 2.39. The Bertz CT molecular complexity index is 91.6. The molecule has 0 unspecified atom stereocenters. The van der Waals surface area contributed by atoms with E-state index in [2.05, 4.69) is 26.1 Å². The highest BCUT2D eigenvalue weighted by molar-refractivity contribution is 6.18. The van der Waals surface area contributed by atoms with Gasteiger partial charge in [-0.3, -0.25) is 0 Å². The maximum atomic E-state index is 5.74. The molecular formula is C9H20ClN. The molecular weight excluding hydrogens is 158 g/mol. The monoisotopic (exact) mass is 177 g/mol. The molecule has 68 valence electrons. The van der Waals surface area contributed by atoms with Gasteiger partial charge in [-0.1, -0.05) is 19.8 Å². The minimum atomic E-state index is 0.106. The molecule has 0 heterocycles. The van der Waals surface area contributed by atoms with Crippen molar-refractivity contribution < 1.29 is 0 Å². The van der Waals surface area contributed by atoms with Gasteiger partial charge in [-0.25, -0.2) is 0 Å². The van der Waals surface area contributed by atoms with E-state index in [9.17, 15) is 0 Å². The predicted molar refractivity (Wildman–Crippen MR) is 52.3 cm³/mol. The third kappa shape index (κ3) is 6.64. The summed E-state index contributed by atoms with van der Waals surface area (Å²) in [5, 5.41) is 3.41. The highest BCUT2D eigenvalue weighted by Gasteiger charge is 2.13. The molecule has 0 saturated heterocycles. The third-order valence-electron chi connectivity index (χ3n) is 1.72. The average Bonchev–Trinajstić information content (AvgIpc) is 1.99. The summed E-state index contributed by atoms with van der Waals surface area (Å²) in [6, 6.07) is 0. The van der Waals surface area contributed by atoms with Crippen LogP contribution in [-0.4, -0.2) is 18.0 Å². The molecule has 0 aromatic carbocycles. The van der Waals surface area contributed by atoms with Crippen LogP contribution >= 0.6 is 11.6 Å². The second-order valence-electron chi connectivity index (χ2n) is 3.65. The van der Waals surface area contributed by atoms with E-state index in [-0.39, 0.29) is 5.54 Å². The molecule has 0 rings (SSSR count). The quantitative estimate of drug-likeness (QED) is 0.486. The van der Waals surface area contributed by atoms with Crippen LogP contribution in [0.4, 0.5) is 0 Å². The molecule has 1 N–H and O–H groups in total. The Kier molecular flexibility index (Phi) is 5.98. The fourth-order valence-corrected chi connectivity index (χ4v) is 0.944. The van der Waals surface area contributed by atoms with Crippen molar-refractivity contribution >= 4 is 11.6 Å². The Hall–Kier alpha value is 0.250. The highest BCUT2D eigenvalue weighted by Crippen LogP contribution is 2.04. The molecule has 0 fully saturated rings. The Labute approximate surface area is 75.5 Å². The second-order valence-corrected chi connectivity index (χ2v) is 3.92. The lowest BCUT2D eigenvalue weighted by atomic mass is 10.1. The normalized spacial score (nSPS) is 12.0. The fraction of sp³-hybridized carbons (Fsp3) is 1.00. The topological polar surface area (TPSA) is 12.0 Å². The maximum Gasteiger partial charge on any atom is 0.0400 e. The van der Waals surface area contributed by atoms with Gasteiger partial charge in [0.15, 0.2) is 0 Å². The van der Waals surface area contributed by atoms with Gasteiger partial charge in [0.2, 0.25) is 0 Å². The molecule has 0 aliphatic heterocycles. The van der Waals surface area contributed by atoms with Crippen LogP contribution in [0.2, 0.25) is 0 Å². The summed E-state index contributed by atoms with van der Waals surface area (Å²) in [7, 11) is 0. The zero-order chi connectivity index (χ0) is 8.74. The van der Waals surface area contributed by atoms with Gasteiger partial charge in [-0.2, -0.15) is 0 Å². The molecule has 2 heteroatoms. The van der Waals surface area contributed by atoms with Gasteiger partial charge < -0.3 is 5.32 Å². The Morgan fingerprint density at radius 3 is 2.36 bits per heavy atom. The van der Waals surface area contributed by atoms with Crippen molar-refractivity contribution in [2.45, 2.75) is 45.6 Å². The first-order chi connectivity index (χ1) is 5.12. The van der Waals surface area contributed by atoms with Gasteiger partial charge in [-0.15, -0.1) is 11.6 Å². The minimum absolute atomic E-state index is 0.106. The maximum absolute atomic E-state index is 5.74. The Balaban J connectivity index is 3.23. The van der Waals surface area contributed by atoms with E-state index < -0.39 is 0 Å². The number of hydrogen-bond acceptors (Lipinski definition) is 1. The summed E-state index contributed by atoms with van der Waals surface area (Å²) in [6.07, 6.45) is 3.85. The highest BCUT2D eigenvalue weighted by atomic mass is 35.5. The van der Waals surface area contributed by atoms with E-state index in [0.29, 0.717) is 5.88 Å². The van der Waals surface area contributed by atoms with Gasteiger partial charge in [0.1, 0.15) is 0 Å². The number of halogens is 1. The molecule has 0 radical (unpaired) electrons. The van der Waals surface area contributed by atoms with Crippen molar-refractivity contribution in [3.63, 3.8) is 0 Å². The molecule has 11 heavy (non-hydrogen) atoms. The minimum Gasteiger partial charge on any atom is -0.311 e.